The maximum atomic E-state index is 6.63. The summed E-state index contributed by atoms with van der Waals surface area (Å²) < 4.78 is 12.7. The van der Waals surface area contributed by atoms with Crippen molar-refractivity contribution in [3.8, 4) is 17.2 Å². The molecule has 0 unspecified atom stereocenters. The van der Waals surface area contributed by atoms with Crippen LogP contribution in [0.2, 0.25) is 0 Å². The molecule has 0 aliphatic rings. The van der Waals surface area contributed by atoms with E-state index in [4.69, 9.17) is 14.4 Å². The second-order valence-corrected chi connectivity index (χ2v) is 14.9. The first-order valence-electron chi connectivity index (χ1n) is 16.7. The molecule has 0 atom stereocenters. The number of nitrogens with zero attached hydrogens (tertiary/aromatic N) is 3. The van der Waals surface area contributed by atoms with Gasteiger partial charge in [0, 0.05) is 68.1 Å². The van der Waals surface area contributed by atoms with Crippen molar-refractivity contribution in [2.75, 3.05) is 0 Å². The maximum absolute atomic E-state index is 6.63. The third-order valence-corrected chi connectivity index (χ3v) is 12.5. The fourth-order valence-electron chi connectivity index (χ4n) is 8.17. The standard InChI is InChI=1S/C44H23N3OS2/c1-2-14-27-25(13-1)36-28-15-3-7-20-32(28)47(40(36)38-30-17-6-9-22-34(30)49-42(27)38)44-45-39(37-29-16-5-10-23-35(29)50-43(37)46-44)31-19-11-18-26-24-12-4-8-21-33(24)48-41(26)31/h1-23H. The summed E-state index contributed by atoms with van der Waals surface area (Å²) in [4.78, 5) is 12.0. The van der Waals surface area contributed by atoms with E-state index in [0.29, 0.717) is 5.95 Å². The van der Waals surface area contributed by atoms with Crippen LogP contribution in [-0.4, -0.2) is 14.5 Å². The lowest BCUT2D eigenvalue weighted by molar-refractivity contribution is 0.670. The number of hydrogen-bond donors (Lipinski definition) is 0. The molecule has 0 saturated carbocycles. The van der Waals surface area contributed by atoms with Crippen LogP contribution in [0.3, 0.4) is 0 Å². The van der Waals surface area contributed by atoms with Gasteiger partial charge >= 0.3 is 0 Å². The van der Waals surface area contributed by atoms with Gasteiger partial charge in [0.25, 0.3) is 0 Å². The second-order valence-electron chi connectivity index (χ2n) is 12.9. The lowest BCUT2D eigenvalue weighted by Gasteiger charge is -2.12. The quantitative estimate of drug-likeness (QED) is 0.183. The SMILES string of the molecule is c1ccc2c(c1)oc1c(-c3nc(-n4c5ccccc5c5c6ccccc6c6sc7ccccc7c6c54)nc4sc5ccccc5c34)cccc12. The molecule has 0 N–H and O–H groups in total. The summed E-state index contributed by atoms with van der Waals surface area (Å²) in [6, 6.07) is 49.6. The third kappa shape index (κ3) is 3.44. The fraction of sp³-hybridized carbons (Fsp3) is 0. The highest BCUT2D eigenvalue weighted by molar-refractivity contribution is 7.27. The lowest BCUT2D eigenvalue weighted by atomic mass is 10.00. The third-order valence-electron chi connectivity index (χ3n) is 10.2. The molecule has 0 aliphatic carbocycles. The molecule has 5 aromatic heterocycles. The predicted octanol–water partition coefficient (Wildman–Crippen LogP) is 13.0. The summed E-state index contributed by atoms with van der Waals surface area (Å²) in [5.41, 5.74) is 5.79. The van der Waals surface area contributed by atoms with Crippen LogP contribution >= 0.6 is 22.7 Å². The van der Waals surface area contributed by atoms with E-state index in [1.54, 1.807) is 11.3 Å². The highest BCUT2D eigenvalue weighted by Gasteiger charge is 2.25. The summed E-state index contributed by atoms with van der Waals surface area (Å²) in [6.07, 6.45) is 0. The Balaban J connectivity index is 1.31. The van der Waals surface area contributed by atoms with Crippen LogP contribution < -0.4 is 0 Å². The first kappa shape index (κ1) is 26.8. The molecular weight excluding hydrogens is 651 g/mol. The minimum Gasteiger partial charge on any atom is -0.455 e. The van der Waals surface area contributed by atoms with Crippen LogP contribution in [0.1, 0.15) is 0 Å². The number of para-hydroxylation sites is 3. The topological polar surface area (TPSA) is 43.9 Å². The average Bonchev–Trinajstić information content (AvgIpc) is 3.93. The number of aromatic nitrogens is 3. The van der Waals surface area contributed by atoms with Crippen LogP contribution in [0.25, 0.3) is 112 Å². The van der Waals surface area contributed by atoms with E-state index < -0.39 is 0 Å². The molecule has 0 bridgehead atoms. The van der Waals surface area contributed by atoms with Gasteiger partial charge in [0.1, 0.15) is 16.0 Å². The van der Waals surface area contributed by atoms with Crippen molar-refractivity contribution in [2.45, 2.75) is 0 Å². The Hall–Kier alpha value is -6.08. The molecule has 0 aliphatic heterocycles. The molecule has 5 heterocycles. The lowest BCUT2D eigenvalue weighted by Crippen LogP contribution is -2.03. The molecule has 0 amide bonds. The monoisotopic (exact) mass is 673 g/mol. The summed E-state index contributed by atoms with van der Waals surface area (Å²) in [6.45, 7) is 0. The van der Waals surface area contributed by atoms with Crippen LogP contribution in [-0.2, 0) is 0 Å². The van der Waals surface area contributed by atoms with Crippen molar-refractivity contribution in [3.63, 3.8) is 0 Å². The van der Waals surface area contributed by atoms with Crippen LogP contribution in [0, 0.1) is 0 Å². The van der Waals surface area contributed by atoms with Gasteiger partial charge in [0.05, 0.1) is 16.7 Å². The van der Waals surface area contributed by atoms with Gasteiger partial charge in [-0.2, -0.15) is 0 Å². The van der Waals surface area contributed by atoms with Crippen LogP contribution in [0.5, 0.6) is 0 Å². The zero-order valence-corrected chi connectivity index (χ0v) is 28.0. The van der Waals surface area contributed by atoms with E-state index in [1.807, 2.05) is 23.5 Å². The van der Waals surface area contributed by atoms with Gasteiger partial charge in [-0.15, -0.1) is 22.7 Å². The maximum Gasteiger partial charge on any atom is 0.236 e. The normalized spacial score (nSPS) is 12.4. The van der Waals surface area contributed by atoms with Gasteiger partial charge in [0.2, 0.25) is 5.95 Å². The Morgan fingerprint density at radius 1 is 0.480 bits per heavy atom. The molecule has 0 spiro atoms. The highest BCUT2D eigenvalue weighted by atomic mass is 32.1. The Labute approximate surface area is 292 Å². The first-order chi connectivity index (χ1) is 24.8. The number of benzene rings is 7. The average molecular weight is 674 g/mol. The van der Waals surface area contributed by atoms with Crippen molar-refractivity contribution in [3.05, 3.63) is 140 Å². The minimum atomic E-state index is 0.658. The zero-order chi connectivity index (χ0) is 32.5. The van der Waals surface area contributed by atoms with Crippen molar-refractivity contribution >= 4 is 118 Å². The zero-order valence-electron chi connectivity index (χ0n) is 26.3. The number of thiophene rings is 2. The van der Waals surface area contributed by atoms with Crippen molar-refractivity contribution in [2.24, 2.45) is 0 Å². The number of rotatable bonds is 2. The molecule has 12 rings (SSSR count). The smallest absolute Gasteiger partial charge is 0.236 e. The molecule has 50 heavy (non-hydrogen) atoms. The van der Waals surface area contributed by atoms with Crippen molar-refractivity contribution in [1.82, 2.24) is 14.5 Å². The molecule has 0 fully saturated rings. The molecule has 0 saturated heterocycles. The Morgan fingerprint density at radius 2 is 1.12 bits per heavy atom. The molecule has 4 nitrogen and oxygen atoms in total. The van der Waals surface area contributed by atoms with Gasteiger partial charge in [-0.05, 0) is 35.7 Å². The van der Waals surface area contributed by atoms with Gasteiger partial charge in [-0.25, -0.2) is 9.97 Å². The Kier molecular flexibility index (Phi) is 5.23. The van der Waals surface area contributed by atoms with Gasteiger partial charge < -0.3 is 4.42 Å². The number of fused-ring (bicyclic) bond motifs is 16. The first-order valence-corrected chi connectivity index (χ1v) is 18.3. The molecule has 12 aromatic rings. The largest absolute Gasteiger partial charge is 0.455 e. The van der Waals surface area contributed by atoms with Gasteiger partial charge in [-0.1, -0.05) is 109 Å². The molecule has 232 valence electrons. The van der Waals surface area contributed by atoms with Crippen LogP contribution in [0.15, 0.2) is 144 Å². The van der Waals surface area contributed by atoms with E-state index in [0.717, 1.165) is 59.8 Å². The Morgan fingerprint density at radius 3 is 1.96 bits per heavy atom. The van der Waals surface area contributed by atoms with E-state index in [-0.39, 0.29) is 0 Å². The second kappa shape index (κ2) is 9.76. The summed E-state index contributed by atoms with van der Waals surface area (Å²) in [7, 11) is 0. The van der Waals surface area contributed by atoms with Crippen molar-refractivity contribution < 1.29 is 4.42 Å². The van der Waals surface area contributed by atoms with E-state index >= 15 is 0 Å². The van der Waals surface area contributed by atoms with Crippen molar-refractivity contribution in [1.29, 1.82) is 0 Å². The Bertz CT molecular complexity index is 3400. The van der Waals surface area contributed by atoms with E-state index in [2.05, 4.69) is 132 Å². The highest BCUT2D eigenvalue weighted by Crippen LogP contribution is 2.48. The van der Waals surface area contributed by atoms with E-state index in [9.17, 15) is 0 Å². The molecular formula is C44H23N3OS2. The molecule has 7 aromatic carbocycles. The number of hydrogen-bond acceptors (Lipinski definition) is 5. The van der Waals surface area contributed by atoms with Crippen LogP contribution in [0.4, 0.5) is 0 Å². The molecule has 6 heteroatoms. The van der Waals surface area contributed by atoms with Gasteiger partial charge in [-0.3, -0.25) is 4.57 Å². The predicted molar refractivity (Wildman–Crippen MR) is 212 cm³/mol. The van der Waals surface area contributed by atoms with Gasteiger partial charge in [0.15, 0.2) is 0 Å². The van der Waals surface area contributed by atoms with E-state index in [1.165, 1.54) is 46.4 Å². The summed E-state index contributed by atoms with van der Waals surface area (Å²) >= 11 is 3.58. The summed E-state index contributed by atoms with van der Waals surface area (Å²) in [5, 5.41) is 11.8. The molecule has 0 radical (unpaired) electrons. The fourth-order valence-corrected chi connectivity index (χ4v) is 10.5. The summed E-state index contributed by atoms with van der Waals surface area (Å²) in [5.74, 6) is 0.658. The number of furan rings is 1. The minimum absolute atomic E-state index is 0.658.